The minimum absolute atomic E-state index is 0.0467. The van der Waals surface area contributed by atoms with E-state index in [2.05, 4.69) is 5.32 Å². The summed E-state index contributed by atoms with van der Waals surface area (Å²) >= 11 is 0. The first-order valence-corrected chi connectivity index (χ1v) is 6.59. The molecule has 1 aromatic rings. The molecule has 4 nitrogen and oxygen atoms in total. The molecule has 0 bridgehead atoms. The van der Waals surface area contributed by atoms with Crippen LogP contribution in [0.15, 0.2) is 24.3 Å². The minimum Gasteiger partial charge on any atom is -0.492 e. The number of amides is 1. The lowest BCUT2D eigenvalue weighted by molar-refractivity contribution is -0.129. The molecule has 4 heteroatoms. The number of carbonyl (C=O) groups excluding carboxylic acids is 2. The van der Waals surface area contributed by atoms with E-state index in [-0.39, 0.29) is 30.1 Å². The van der Waals surface area contributed by atoms with Gasteiger partial charge in [0.05, 0.1) is 12.5 Å². The Morgan fingerprint density at radius 2 is 2.11 bits per heavy atom. The van der Waals surface area contributed by atoms with Gasteiger partial charge >= 0.3 is 0 Å². The van der Waals surface area contributed by atoms with Crippen molar-refractivity contribution >= 4 is 11.7 Å². The van der Waals surface area contributed by atoms with Gasteiger partial charge in [-0.3, -0.25) is 9.59 Å². The molecule has 1 aliphatic heterocycles. The van der Waals surface area contributed by atoms with Crippen molar-refractivity contribution in [2.24, 2.45) is 11.8 Å². The second-order valence-corrected chi connectivity index (χ2v) is 5.16. The fourth-order valence-electron chi connectivity index (χ4n) is 2.02. The third kappa shape index (κ3) is 3.34. The molecule has 0 aromatic heterocycles. The van der Waals surface area contributed by atoms with E-state index in [1.807, 2.05) is 38.1 Å². The zero-order valence-electron chi connectivity index (χ0n) is 11.3. The Morgan fingerprint density at radius 1 is 1.37 bits per heavy atom. The number of carbonyl (C=O) groups is 2. The number of benzene rings is 1. The highest BCUT2D eigenvalue weighted by atomic mass is 16.5. The van der Waals surface area contributed by atoms with Crippen molar-refractivity contribution in [3.63, 3.8) is 0 Å². The molecule has 0 fully saturated rings. The number of fused-ring (bicyclic) bond motifs is 1. The summed E-state index contributed by atoms with van der Waals surface area (Å²) in [6.07, 6.45) is 0.665. The monoisotopic (exact) mass is 261 g/mol. The molecule has 1 amide bonds. The maximum atomic E-state index is 12.0. The van der Waals surface area contributed by atoms with Crippen LogP contribution in [0.5, 0.6) is 5.75 Å². The standard InChI is InChI=1S/C15H19NO3/c1-10(2)13(17)8-16-15(18)12-7-11-5-3-4-6-14(11)19-9-12/h3-6,10,12H,7-9H2,1-2H3,(H,16,18). The van der Waals surface area contributed by atoms with Crippen molar-refractivity contribution in [1.29, 1.82) is 0 Å². The minimum atomic E-state index is -0.213. The number of rotatable bonds is 4. The van der Waals surface area contributed by atoms with Crippen molar-refractivity contribution < 1.29 is 14.3 Å². The van der Waals surface area contributed by atoms with E-state index in [0.29, 0.717) is 13.0 Å². The molecule has 0 saturated heterocycles. The summed E-state index contributed by atoms with van der Waals surface area (Å²) in [7, 11) is 0. The van der Waals surface area contributed by atoms with Crippen LogP contribution in [0.1, 0.15) is 19.4 Å². The van der Waals surface area contributed by atoms with Gasteiger partial charge in [0.25, 0.3) is 0 Å². The molecular formula is C15H19NO3. The predicted molar refractivity (Wildman–Crippen MR) is 72.0 cm³/mol. The van der Waals surface area contributed by atoms with E-state index < -0.39 is 0 Å². The van der Waals surface area contributed by atoms with Crippen molar-refractivity contribution in [3.05, 3.63) is 29.8 Å². The number of nitrogens with one attached hydrogen (secondary N) is 1. The molecule has 1 atom stereocenters. The van der Waals surface area contributed by atoms with E-state index in [1.165, 1.54) is 0 Å². The van der Waals surface area contributed by atoms with Crippen molar-refractivity contribution in [2.75, 3.05) is 13.2 Å². The Kier molecular flexibility index (Phi) is 4.20. The Balaban J connectivity index is 1.90. The summed E-state index contributed by atoms with van der Waals surface area (Å²) in [6.45, 7) is 4.14. The summed E-state index contributed by atoms with van der Waals surface area (Å²) in [6, 6.07) is 7.73. The summed E-state index contributed by atoms with van der Waals surface area (Å²) in [5.74, 6) is 0.525. The van der Waals surface area contributed by atoms with Crippen LogP contribution in [0, 0.1) is 11.8 Å². The molecule has 1 aliphatic rings. The number of ketones is 1. The molecule has 1 N–H and O–H groups in total. The topological polar surface area (TPSA) is 55.4 Å². The Labute approximate surface area is 113 Å². The molecular weight excluding hydrogens is 242 g/mol. The summed E-state index contributed by atoms with van der Waals surface area (Å²) in [4.78, 5) is 23.5. The number of para-hydroxylation sites is 1. The van der Waals surface area contributed by atoms with Crippen LogP contribution in [-0.2, 0) is 16.0 Å². The van der Waals surface area contributed by atoms with Gasteiger partial charge < -0.3 is 10.1 Å². The van der Waals surface area contributed by atoms with E-state index in [1.54, 1.807) is 0 Å². The van der Waals surface area contributed by atoms with Crippen LogP contribution in [0.25, 0.3) is 0 Å². The maximum Gasteiger partial charge on any atom is 0.227 e. The molecule has 0 radical (unpaired) electrons. The lowest BCUT2D eigenvalue weighted by Crippen LogP contribution is -2.40. The fourth-order valence-corrected chi connectivity index (χ4v) is 2.02. The highest BCUT2D eigenvalue weighted by Gasteiger charge is 2.26. The van der Waals surface area contributed by atoms with Crippen LogP contribution in [0.2, 0.25) is 0 Å². The zero-order valence-corrected chi connectivity index (χ0v) is 11.3. The number of hydrogen-bond acceptors (Lipinski definition) is 3. The van der Waals surface area contributed by atoms with Gasteiger partial charge in [0.1, 0.15) is 12.4 Å². The van der Waals surface area contributed by atoms with Crippen molar-refractivity contribution in [1.82, 2.24) is 5.32 Å². The molecule has 1 aromatic carbocycles. The van der Waals surface area contributed by atoms with Gasteiger partial charge in [-0.15, -0.1) is 0 Å². The SMILES string of the molecule is CC(C)C(=O)CNC(=O)C1COc2ccccc2C1. The van der Waals surface area contributed by atoms with E-state index in [0.717, 1.165) is 11.3 Å². The van der Waals surface area contributed by atoms with Crippen LogP contribution < -0.4 is 10.1 Å². The Morgan fingerprint density at radius 3 is 2.84 bits per heavy atom. The van der Waals surface area contributed by atoms with Crippen LogP contribution in [0.4, 0.5) is 0 Å². The van der Waals surface area contributed by atoms with Crippen LogP contribution in [0.3, 0.4) is 0 Å². The molecule has 1 heterocycles. The Hall–Kier alpha value is -1.84. The normalized spacial score (nSPS) is 17.5. The average molecular weight is 261 g/mol. The third-order valence-corrected chi connectivity index (χ3v) is 3.33. The molecule has 1 unspecified atom stereocenters. The molecule has 2 rings (SSSR count). The van der Waals surface area contributed by atoms with Crippen LogP contribution >= 0.6 is 0 Å². The first-order chi connectivity index (χ1) is 9.08. The lowest BCUT2D eigenvalue weighted by atomic mass is 9.96. The Bertz CT molecular complexity index is 482. The average Bonchev–Trinajstić information content (AvgIpc) is 2.43. The van der Waals surface area contributed by atoms with E-state index in [4.69, 9.17) is 4.74 Å². The number of Topliss-reactive ketones (excluding diaryl/α,β-unsaturated/α-hetero) is 1. The van der Waals surface area contributed by atoms with Gasteiger partial charge in [0, 0.05) is 5.92 Å². The second kappa shape index (κ2) is 5.87. The van der Waals surface area contributed by atoms with Crippen LogP contribution in [-0.4, -0.2) is 24.8 Å². The van der Waals surface area contributed by atoms with Gasteiger partial charge in [0.15, 0.2) is 5.78 Å². The lowest BCUT2D eigenvalue weighted by Gasteiger charge is -2.24. The highest BCUT2D eigenvalue weighted by molar-refractivity contribution is 5.88. The third-order valence-electron chi connectivity index (χ3n) is 3.33. The fraction of sp³-hybridized carbons (Fsp3) is 0.467. The van der Waals surface area contributed by atoms with Crippen molar-refractivity contribution in [3.8, 4) is 5.75 Å². The van der Waals surface area contributed by atoms with E-state index in [9.17, 15) is 9.59 Å². The highest BCUT2D eigenvalue weighted by Crippen LogP contribution is 2.26. The number of ether oxygens (including phenoxy) is 1. The zero-order chi connectivity index (χ0) is 13.8. The molecule has 19 heavy (non-hydrogen) atoms. The number of hydrogen-bond donors (Lipinski definition) is 1. The molecule has 0 aliphatic carbocycles. The van der Waals surface area contributed by atoms with Gasteiger partial charge in [-0.05, 0) is 18.1 Å². The largest absolute Gasteiger partial charge is 0.492 e. The van der Waals surface area contributed by atoms with Crippen molar-refractivity contribution in [2.45, 2.75) is 20.3 Å². The summed E-state index contributed by atoms with van der Waals surface area (Å²) in [5.41, 5.74) is 1.05. The smallest absolute Gasteiger partial charge is 0.227 e. The summed E-state index contributed by atoms with van der Waals surface area (Å²) < 4.78 is 5.57. The summed E-state index contributed by atoms with van der Waals surface area (Å²) in [5, 5.41) is 2.70. The first-order valence-electron chi connectivity index (χ1n) is 6.59. The maximum absolute atomic E-state index is 12.0. The molecule has 0 spiro atoms. The van der Waals surface area contributed by atoms with E-state index >= 15 is 0 Å². The van der Waals surface area contributed by atoms with Gasteiger partial charge in [0.2, 0.25) is 5.91 Å². The van der Waals surface area contributed by atoms with Gasteiger partial charge in [-0.1, -0.05) is 32.0 Å². The first kappa shape index (κ1) is 13.6. The molecule has 0 saturated carbocycles. The predicted octanol–water partition coefficient (Wildman–Crippen LogP) is 1.58. The molecule has 102 valence electrons. The quantitative estimate of drug-likeness (QED) is 0.895. The van der Waals surface area contributed by atoms with Gasteiger partial charge in [-0.2, -0.15) is 0 Å². The van der Waals surface area contributed by atoms with Gasteiger partial charge in [-0.25, -0.2) is 0 Å². The second-order valence-electron chi connectivity index (χ2n) is 5.16.